The topological polar surface area (TPSA) is 67.7 Å². The van der Waals surface area contributed by atoms with E-state index in [4.69, 9.17) is 4.74 Å². The Bertz CT molecular complexity index is 1410. The number of anilines is 1. The molecule has 3 aromatic carbocycles. The van der Waals surface area contributed by atoms with E-state index in [0.29, 0.717) is 48.4 Å². The number of ether oxygens (including phenoxy) is 1. The number of benzene rings is 3. The number of nitrogens with zero attached hydrogens (tertiary/aromatic N) is 4. The molecule has 1 aromatic heterocycles. The molecule has 1 aliphatic rings. The molecule has 1 amide bonds. The quantitative estimate of drug-likeness (QED) is 0.468. The number of carbonyl (C=O) groups is 1. The molecule has 0 spiro atoms. The van der Waals surface area contributed by atoms with Crippen molar-refractivity contribution >= 4 is 22.4 Å². The highest BCUT2D eigenvalue weighted by molar-refractivity contribution is 6.05. The number of aromatic nitrogens is 2. The van der Waals surface area contributed by atoms with Crippen molar-refractivity contribution in [1.29, 1.82) is 0 Å². The SMILES string of the molecule is COc1cccc(-n2nc(C(=O)N3CCN(c4ccc(F)cc4)CC3)c3ccccc3c2=O)c1. The van der Waals surface area contributed by atoms with Gasteiger partial charge in [-0.2, -0.15) is 9.78 Å². The molecule has 0 atom stereocenters. The number of amides is 1. The number of fused-ring (bicyclic) bond motifs is 1. The maximum Gasteiger partial charge on any atom is 0.279 e. The number of halogens is 1. The normalized spacial score (nSPS) is 13.8. The third-order valence-electron chi connectivity index (χ3n) is 6.06. The van der Waals surface area contributed by atoms with E-state index < -0.39 is 0 Å². The van der Waals surface area contributed by atoms with Gasteiger partial charge in [-0.1, -0.05) is 24.3 Å². The van der Waals surface area contributed by atoms with Crippen molar-refractivity contribution in [2.75, 3.05) is 38.2 Å². The van der Waals surface area contributed by atoms with Crippen LogP contribution in [0.5, 0.6) is 5.75 Å². The number of methoxy groups -OCH3 is 1. The average Bonchev–Trinajstić information content (AvgIpc) is 2.89. The fourth-order valence-corrected chi connectivity index (χ4v) is 4.23. The molecule has 7 nitrogen and oxygen atoms in total. The first kappa shape index (κ1) is 21.6. The van der Waals surface area contributed by atoms with Gasteiger partial charge in [0.25, 0.3) is 11.5 Å². The highest BCUT2D eigenvalue weighted by Crippen LogP contribution is 2.21. The van der Waals surface area contributed by atoms with Crippen LogP contribution in [-0.4, -0.2) is 53.9 Å². The minimum absolute atomic E-state index is 0.230. The lowest BCUT2D eigenvalue weighted by Crippen LogP contribution is -2.49. The Balaban J connectivity index is 1.48. The number of rotatable bonds is 4. The fourth-order valence-electron chi connectivity index (χ4n) is 4.23. The second kappa shape index (κ2) is 8.97. The van der Waals surface area contributed by atoms with Crippen LogP contribution in [0.15, 0.2) is 77.6 Å². The van der Waals surface area contributed by atoms with Crippen molar-refractivity contribution in [3.8, 4) is 11.4 Å². The molecule has 0 unspecified atom stereocenters. The molecule has 1 aliphatic heterocycles. The van der Waals surface area contributed by atoms with Crippen LogP contribution in [0, 0.1) is 5.82 Å². The molecule has 172 valence electrons. The maximum atomic E-state index is 13.6. The minimum Gasteiger partial charge on any atom is -0.497 e. The number of hydrogen-bond acceptors (Lipinski definition) is 5. The third kappa shape index (κ3) is 3.98. The summed E-state index contributed by atoms with van der Waals surface area (Å²) in [6, 6.07) is 20.4. The lowest BCUT2D eigenvalue weighted by atomic mass is 10.1. The van der Waals surface area contributed by atoms with Crippen LogP contribution < -0.4 is 15.2 Å². The molecule has 2 heterocycles. The van der Waals surface area contributed by atoms with Gasteiger partial charge in [0.2, 0.25) is 0 Å². The van der Waals surface area contributed by atoms with Crippen LogP contribution in [0.1, 0.15) is 10.5 Å². The molecule has 8 heteroatoms. The Labute approximate surface area is 195 Å². The third-order valence-corrected chi connectivity index (χ3v) is 6.06. The summed E-state index contributed by atoms with van der Waals surface area (Å²) in [5.74, 6) is 0.0810. The van der Waals surface area contributed by atoms with Crippen molar-refractivity contribution in [3.63, 3.8) is 0 Å². The first-order chi connectivity index (χ1) is 16.5. The Morgan fingerprint density at radius 3 is 2.29 bits per heavy atom. The molecular weight excluding hydrogens is 435 g/mol. The van der Waals surface area contributed by atoms with Gasteiger partial charge in [-0.15, -0.1) is 0 Å². The molecule has 4 aromatic rings. The van der Waals surface area contributed by atoms with E-state index in [1.165, 1.54) is 16.8 Å². The molecule has 34 heavy (non-hydrogen) atoms. The second-order valence-electron chi connectivity index (χ2n) is 8.07. The van der Waals surface area contributed by atoms with Crippen LogP contribution in [0.3, 0.4) is 0 Å². The molecule has 0 radical (unpaired) electrons. The van der Waals surface area contributed by atoms with Gasteiger partial charge in [0, 0.05) is 43.3 Å². The molecule has 1 saturated heterocycles. The van der Waals surface area contributed by atoms with E-state index in [1.54, 1.807) is 72.7 Å². The van der Waals surface area contributed by atoms with Gasteiger partial charge in [-0.3, -0.25) is 9.59 Å². The van der Waals surface area contributed by atoms with Gasteiger partial charge in [0.05, 0.1) is 18.2 Å². The standard InChI is InChI=1S/C26H23FN4O3/c1-34-21-6-4-5-20(17-21)31-25(32)23-8-3-2-7-22(23)24(28-31)26(33)30-15-13-29(14-16-30)19-11-9-18(27)10-12-19/h2-12,17H,13-16H2,1H3. The van der Waals surface area contributed by atoms with Crippen LogP contribution in [0.2, 0.25) is 0 Å². The van der Waals surface area contributed by atoms with Crippen LogP contribution in [-0.2, 0) is 0 Å². The van der Waals surface area contributed by atoms with Crippen molar-refractivity contribution in [1.82, 2.24) is 14.7 Å². The summed E-state index contributed by atoms with van der Waals surface area (Å²) in [7, 11) is 1.55. The largest absolute Gasteiger partial charge is 0.497 e. The van der Waals surface area contributed by atoms with Gasteiger partial charge in [0.1, 0.15) is 11.6 Å². The van der Waals surface area contributed by atoms with Crippen molar-refractivity contribution in [2.45, 2.75) is 0 Å². The zero-order chi connectivity index (χ0) is 23.7. The van der Waals surface area contributed by atoms with Gasteiger partial charge in [0.15, 0.2) is 5.69 Å². The van der Waals surface area contributed by atoms with E-state index >= 15 is 0 Å². The summed E-state index contributed by atoms with van der Waals surface area (Å²) < 4.78 is 19.8. The minimum atomic E-state index is -0.304. The Hall–Kier alpha value is -4.20. The van der Waals surface area contributed by atoms with E-state index in [0.717, 1.165) is 5.69 Å². The summed E-state index contributed by atoms with van der Waals surface area (Å²) in [5.41, 5.74) is 1.36. The highest BCUT2D eigenvalue weighted by atomic mass is 19.1. The molecule has 5 rings (SSSR count). The summed E-state index contributed by atoms with van der Waals surface area (Å²) in [5, 5.41) is 5.46. The molecule has 0 N–H and O–H groups in total. The van der Waals surface area contributed by atoms with Gasteiger partial charge >= 0.3 is 0 Å². The van der Waals surface area contributed by atoms with E-state index in [2.05, 4.69) is 10.00 Å². The highest BCUT2D eigenvalue weighted by Gasteiger charge is 2.26. The smallest absolute Gasteiger partial charge is 0.279 e. The Kier molecular flexibility index (Phi) is 5.71. The van der Waals surface area contributed by atoms with Crippen molar-refractivity contribution in [3.05, 3.63) is 94.7 Å². The first-order valence-corrected chi connectivity index (χ1v) is 11.0. The Morgan fingerprint density at radius 1 is 0.882 bits per heavy atom. The Morgan fingerprint density at radius 2 is 1.59 bits per heavy atom. The molecule has 0 aliphatic carbocycles. The molecule has 0 saturated carbocycles. The second-order valence-corrected chi connectivity index (χ2v) is 8.07. The van der Waals surface area contributed by atoms with E-state index in [9.17, 15) is 14.0 Å². The lowest BCUT2D eigenvalue weighted by molar-refractivity contribution is 0.0741. The van der Waals surface area contributed by atoms with Crippen molar-refractivity contribution in [2.24, 2.45) is 0 Å². The predicted molar refractivity (Wildman–Crippen MR) is 128 cm³/mol. The molecule has 1 fully saturated rings. The fraction of sp³-hybridized carbons (Fsp3) is 0.192. The summed E-state index contributed by atoms with van der Waals surface area (Å²) in [6.07, 6.45) is 0. The molecular formula is C26H23FN4O3. The average molecular weight is 458 g/mol. The summed E-state index contributed by atoms with van der Waals surface area (Å²) in [4.78, 5) is 30.6. The van der Waals surface area contributed by atoms with Gasteiger partial charge in [-0.05, 0) is 42.5 Å². The number of piperazine rings is 1. The van der Waals surface area contributed by atoms with Crippen LogP contribution in [0.25, 0.3) is 16.5 Å². The predicted octanol–water partition coefficient (Wildman–Crippen LogP) is 3.50. The number of hydrogen-bond donors (Lipinski definition) is 0. The monoisotopic (exact) mass is 458 g/mol. The summed E-state index contributed by atoms with van der Waals surface area (Å²) in [6.45, 7) is 2.21. The zero-order valence-electron chi connectivity index (χ0n) is 18.6. The van der Waals surface area contributed by atoms with Gasteiger partial charge in [-0.25, -0.2) is 4.39 Å². The first-order valence-electron chi connectivity index (χ1n) is 11.0. The van der Waals surface area contributed by atoms with E-state index in [-0.39, 0.29) is 23.0 Å². The zero-order valence-corrected chi connectivity index (χ0v) is 18.6. The van der Waals surface area contributed by atoms with Gasteiger partial charge < -0.3 is 14.5 Å². The molecule has 0 bridgehead atoms. The van der Waals surface area contributed by atoms with Crippen LogP contribution in [0.4, 0.5) is 10.1 Å². The number of carbonyl (C=O) groups excluding carboxylic acids is 1. The van der Waals surface area contributed by atoms with E-state index in [1.807, 2.05) is 0 Å². The maximum absolute atomic E-state index is 13.6. The van der Waals surface area contributed by atoms with Crippen molar-refractivity contribution < 1.29 is 13.9 Å². The lowest BCUT2D eigenvalue weighted by Gasteiger charge is -2.36. The van der Waals surface area contributed by atoms with Crippen LogP contribution >= 0.6 is 0 Å². The summed E-state index contributed by atoms with van der Waals surface area (Å²) >= 11 is 0.